The van der Waals surface area contributed by atoms with Gasteiger partial charge in [-0.1, -0.05) is 0 Å². The van der Waals surface area contributed by atoms with E-state index in [4.69, 9.17) is 0 Å². The zero-order valence-electron chi connectivity index (χ0n) is 16.5. The van der Waals surface area contributed by atoms with Crippen molar-refractivity contribution < 1.29 is 35.9 Å². The Balaban J connectivity index is 1.94. The van der Waals surface area contributed by atoms with Gasteiger partial charge in [0.15, 0.2) is 6.10 Å². The van der Waals surface area contributed by atoms with Gasteiger partial charge in [-0.05, 0) is 44.1 Å². The number of ether oxygens (including phenoxy) is 1. The number of halogens is 6. The fourth-order valence-corrected chi connectivity index (χ4v) is 4.03. The minimum absolute atomic E-state index is 0.105. The monoisotopic (exact) mass is 460 g/mol. The lowest BCUT2D eigenvalue weighted by Gasteiger charge is -2.35. The predicted molar refractivity (Wildman–Crippen MR) is 101 cm³/mol. The van der Waals surface area contributed by atoms with Crippen molar-refractivity contribution in [2.75, 3.05) is 25.1 Å². The molecule has 32 heavy (non-hydrogen) atoms. The van der Waals surface area contributed by atoms with Gasteiger partial charge in [0, 0.05) is 17.2 Å². The lowest BCUT2D eigenvalue weighted by molar-refractivity contribution is -0.137. The SMILES string of the molecule is O=C1Nc2nccc(-c3cc(C(F)(F)F)cc(C4(CF)CCNCC4)n3)c2[C@H](C(F)F)O1. The van der Waals surface area contributed by atoms with Crippen molar-refractivity contribution in [3.8, 4) is 11.3 Å². The molecule has 1 atom stereocenters. The molecule has 2 aromatic heterocycles. The van der Waals surface area contributed by atoms with Crippen LogP contribution in [0.3, 0.4) is 0 Å². The number of pyridine rings is 2. The second kappa shape index (κ2) is 8.23. The Labute approximate surface area is 178 Å². The summed E-state index contributed by atoms with van der Waals surface area (Å²) in [5, 5.41) is 5.21. The lowest BCUT2D eigenvalue weighted by Crippen LogP contribution is -2.42. The van der Waals surface area contributed by atoms with Crippen molar-refractivity contribution in [1.82, 2.24) is 15.3 Å². The van der Waals surface area contributed by atoms with E-state index in [1.54, 1.807) is 0 Å². The number of carbonyl (C=O) groups excluding carboxylic acids is 1. The van der Waals surface area contributed by atoms with Gasteiger partial charge in [0.1, 0.15) is 12.5 Å². The van der Waals surface area contributed by atoms with Gasteiger partial charge in [0.25, 0.3) is 6.43 Å². The van der Waals surface area contributed by atoms with E-state index in [1.807, 2.05) is 0 Å². The van der Waals surface area contributed by atoms with Crippen molar-refractivity contribution in [3.05, 3.63) is 41.2 Å². The van der Waals surface area contributed by atoms with E-state index in [0.717, 1.165) is 12.3 Å². The summed E-state index contributed by atoms with van der Waals surface area (Å²) in [7, 11) is 0. The van der Waals surface area contributed by atoms with Gasteiger partial charge < -0.3 is 10.1 Å². The Morgan fingerprint density at radius 1 is 1.22 bits per heavy atom. The quantitative estimate of drug-likeness (QED) is 0.652. The van der Waals surface area contributed by atoms with Crippen LogP contribution in [0.2, 0.25) is 0 Å². The molecule has 0 aliphatic carbocycles. The summed E-state index contributed by atoms with van der Waals surface area (Å²) < 4.78 is 87.2. The van der Waals surface area contributed by atoms with Crippen LogP contribution in [0.15, 0.2) is 24.4 Å². The van der Waals surface area contributed by atoms with E-state index in [0.29, 0.717) is 19.2 Å². The number of cyclic esters (lactones) is 1. The number of fused-ring (bicyclic) bond motifs is 1. The number of amides is 1. The van der Waals surface area contributed by atoms with Crippen LogP contribution in [0.4, 0.5) is 37.0 Å². The molecule has 0 radical (unpaired) electrons. The number of hydrogen-bond acceptors (Lipinski definition) is 5. The number of carbonyl (C=O) groups is 1. The number of nitrogens with one attached hydrogen (secondary N) is 2. The van der Waals surface area contributed by atoms with Crippen LogP contribution >= 0.6 is 0 Å². The molecule has 1 fully saturated rings. The molecule has 172 valence electrons. The number of anilines is 1. The molecule has 4 heterocycles. The maximum Gasteiger partial charge on any atom is 0.416 e. The molecule has 0 unspecified atom stereocenters. The van der Waals surface area contributed by atoms with Crippen LogP contribution in [-0.4, -0.2) is 42.3 Å². The molecular weight excluding hydrogens is 442 g/mol. The van der Waals surface area contributed by atoms with Gasteiger partial charge in [-0.3, -0.25) is 14.7 Å². The Morgan fingerprint density at radius 3 is 2.56 bits per heavy atom. The molecule has 4 rings (SSSR count). The smallest absolute Gasteiger partial charge is 0.416 e. The van der Waals surface area contributed by atoms with E-state index in [-0.39, 0.29) is 41.2 Å². The molecule has 1 amide bonds. The van der Waals surface area contributed by atoms with Gasteiger partial charge in [0.05, 0.1) is 22.5 Å². The molecule has 1 saturated heterocycles. The summed E-state index contributed by atoms with van der Waals surface area (Å²) in [5.41, 5.74) is -3.11. The van der Waals surface area contributed by atoms with Gasteiger partial charge >= 0.3 is 12.3 Å². The van der Waals surface area contributed by atoms with E-state index in [1.165, 1.54) is 6.07 Å². The fourth-order valence-electron chi connectivity index (χ4n) is 4.03. The third kappa shape index (κ3) is 3.98. The van der Waals surface area contributed by atoms with Crippen LogP contribution in [-0.2, 0) is 16.3 Å². The number of piperidine rings is 1. The van der Waals surface area contributed by atoms with Crippen LogP contribution in [0.25, 0.3) is 11.3 Å². The van der Waals surface area contributed by atoms with Gasteiger partial charge in [-0.25, -0.2) is 18.6 Å². The summed E-state index contributed by atoms with van der Waals surface area (Å²) in [4.78, 5) is 19.7. The van der Waals surface area contributed by atoms with E-state index in [2.05, 4.69) is 25.3 Å². The first-order valence-electron chi connectivity index (χ1n) is 9.76. The van der Waals surface area contributed by atoms with Gasteiger partial charge in [-0.2, -0.15) is 13.2 Å². The Kier molecular flexibility index (Phi) is 5.74. The maximum absolute atomic E-state index is 14.1. The molecule has 12 heteroatoms. The molecule has 6 nitrogen and oxygen atoms in total. The number of aromatic nitrogens is 2. The topological polar surface area (TPSA) is 76.1 Å². The molecule has 2 N–H and O–H groups in total. The van der Waals surface area contributed by atoms with E-state index < -0.39 is 42.5 Å². The van der Waals surface area contributed by atoms with Crippen LogP contribution < -0.4 is 10.6 Å². The number of nitrogens with zero attached hydrogens (tertiary/aromatic N) is 2. The zero-order chi connectivity index (χ0) is 23.1. The average molecular weight is 460 g/mol. The van der Waals surface area contributed by atoms with E-state index >= 15 is 0 Å². The summed E-state index contributed by atoms with van der Waals surface area (Å²) in [5.74, 6) is -0.258. The molecule has 0 spiro atoms. The highest BCUT2D eigenvalue weighted by molar-refractivity contribution is 5.89. The van der Waals surface area contributed by atoms with Crippen molar-refractivity contribution in [2.45, 2.75) is 37.0 Å². The normalized spacial score (nSPS) is 20.5. The maximum atomic E-state index is 14.1. The first-order chi connectivity index (χ1) is 15.1. The fraction of sp³-hybridized carbons (Fsp3) is 0.450. The Hall–Kier alpha value is -2.89. The molecule has 2 aliphatic rings. The second-order valence-electron chi connectivity index (χ2n) is 7.69. The van der Waals surface area contributed by atoms with Crippen molar-refractivity contribution in [1.29, 1.82) is 0 Å². The second-order valence-corrected chi connectivity index (χ2v) is 7.69. The number of alkyl halides is 6. The van der Waals surface area contributed by atoms with Crippen LogP contribution in [0, 0.1) is 0 Å². The lowest BCUT2D eigenvalue weighted by atomic mass is 9.76. The largest absolute Gasteiger partial charge is 0.435 e. The third-order valence-corrected chi connectivity index (χ3v) is 5.75. The van der Waals surface area contributed by atoms with E-state index in [9.17, 15) is 31.1 Å². The highest BCUT2D eigenvalue weighted by atomic mass is 19.4. The minimum atomic E-state index is -4.78. The molecule has 2 aliphatic heterocycles. The molecule has 0 saturated carbocycles. The first kappa shape index (κ1) is 22.3. The van der Waals surface area contributed by atoms with Gasteiger partial charge in [0.2, 0.25) is 0 Å². The van der Waals surface area contributed by atoms with Crippen molar-refractivity contribution in [3.63, 3.8) is 0 Å². The van der Waals surface area contributed by atoms with Gasteiger partial charge in [-0.15, -0.1) is 0 Å². The van der Waals surface area contributed by atoms with Crippen molar-refractivity contribution >= 4 is 11.9 Å². The molecular formula is C20H18F6N4O2. The highest BCUT2D eigenvalue weighted by Gasteiger charge is 2.41. The van der Waals surface area contributed by atoms with Crippen LogP contribution in [0.5, 0.6) is 0 Å². The molecule has 0 aromatic carbocycles. The summed E-state index contributed by atoms with van der Waals surface area (Å²) in [6, 6.07) is 2.74. The standard InChI is InChI=1S/C20H18F6N4O2/c21-9-19(2-5-27-6-3-19)13-8-10(20(24,25)26)7-12(29-13)11-1-4-28-17-14(11)15(16(22)23)32-18(31)30-17/h1,4,7-8,15-16,27H,2-3,5-6,9H2,(H,28,30,31)/t15-/m1/s1. The first-order valence-corrected chi connectivity index (χ1v) is 9.76. The average Bonchev–Trinajstić information content (AvgIpc) is 2.77. The predicted octanol–water partition coefficient (Wildman–Crippen LogP) is 4.62. The highest BCUT2D eigenvalue weighted by Crippen LogP contribution is 2.43. The summed E-state index contributed by atoms with van der Waals surface area (Å²) in [6.07, 6.45) is -9.53. The molecule has 0 bridgehead atoms. The summed E-state index contributed by atoms with van der Waals surface area (Å²) >= 11 is 0. The Bertz CT molecular complexity index is 1020. The minimum Gasteiger partial charge on any atom is -0.435 e. The summed E-state index contributed by atoms with van der Waals surface area (Å²) in [6.45, 7) is -0.125. The number of rotatable bonds is 4. The third-order valence-electron chi connectivity index (χ3n) is 5.75. The van der Waals surface area contributed by atoms with Crippen molar-refractivity contribution in [2.24, 2.45) is 0 Å². The molecule has 2 aromatic rings. The number of hydrogen-bond donors (Lipinski definition) is 2. The van der Waals surface area contributed by atoms with Crippen LogP contribution in [0.1, 0.15) is 35.8 Å². The zero-order valence-corrected chi connectivity index (χ0v) is 16.5. The Morgan fingerprint density at radius 2 is 1.94 bits per heavy atom.